The second kappa shape index (κ2) is 6.58. The monoisotopic (exact) mass is 318 g/mol. The van der Waals surface area contributed by atoms with Gasteiger partial charge in [-0.25, -0.2) is 4.39 Å². The number of rotatable bonds is 4. The van der Waals surface area contributed by atoms with Crippen molar-refractivity contribution in [2.75, 3.05) is 19.8 Å². The number of nitrogens with two attached hydrogens (primary N) is 1. The Morgan fingerprint density at radius 1 is 1.50 bits per heavy atom. The number of nitrogens with one attached hydrogen (secondary N) is 1. The maximum atomic E-state index is 13.7. The maximum absolute atomic E-state index is 13.7. The van der Waals surface area contributed by atoms with Crippen LogP contribution < -0.4 is 11.3 Å². The van der Waals surface area contributed by atoms with Crippen LogP contribution in [0.5, 0.6) is 0 Å². The Balaban J connectivity index is 2.04. The number of ether oxygens (including phenoxy) is 2. The summed E-state index contributed by atoms with van der Waals surface area (Å²) in [7, 11) is 0. The molecule has 1 aliphatic rings. The fraction of sp³-hybridized carbons (Fsp3) is 0.500. The first-order valence-corrected chi connectivity index (χ1v) is 6.59. The zero-order valence-electron chi connectivity index (χ0n) is 9.86. The van der Waals surface area contributed by atoms with Crippen molar-refractivity contribution in [1.29, 1.82) is 0 Å². The lowest BCUT2D eigenvalue weighted by molar-refractivity contribution is -0.101. The van der Waals surface area contributed by atoms with E-state index in [4.69, 9.17) is 15.3 Å². The molecule has 0 aromatic heterocycles. The van der Waals surface area contributed by atoms with Crippen LogP contribution >= 0.6 is 15.9 Å². The van der Waals surface area contributed by atoms with Crippen LogP contribution in [0.3, 0.4) is 0 Å². The molecule has 2 unspecified atom stereocenters. The molecule has 1 saturated heterocycles. The van der Waals surface area contributed by atoms with Gasteiger partial charge >= 0.3 is 0 Å². The van der Waals surface area contributed by atoms with Gasteiger partial charge in [-0.1, -0.05) is 22.0 Å². The lowest BCUT2D eigenvalue weighted by atomic mass is 10.0. The lowest BCUT2D eigenvalue weighted by Gasteiger charge is -2.30. The quantitative estimate of drug-likeness (QED) is 0.650. The Kier molecular flexibility index (Phi) is 5.08. The predicted octanol–water partition coefficient (Wildman–Crippen LogP) is 1.38. The van der Waals surface area contributed by atoms with Gasteiger partial charge in [0.25, 0.3) is 0 Å². The molecule has 0 bridgehead atoms. The lowest BCUT2D eigenvalue weighted by Crippen LogP contribution is -2.50. The van der Waals surface area contributed by atoms with E-state index >= 15 is 0 Å². The molecule has 4 nitrogen and oxygen atoms in total. The predicted molar refractivity (Wildman–Crippen MR) is 69.5 cm³/mol. The normalized spacial score (nSPS) is 21.8. The number of hydrogen-bond acceptors (Lipinski definition) is 4. The van der Waals surface area contributed by atoms with E-state index in [1.54, 1.807) is 6.07 Å². The molecule has 2 atom stereocenters. The van der Waals surface area contributed by atoms with Gasteiger partial charge in [-0.3, -0.25) is 11.3 Å². The topological polar surface area (TPSA) is 56.5 Å². The van der Waals surface area contributed by atoms with Crippen molar-refractivity contribution in [3.05, 3.63) is 34.1 Å². The zero-order valence-corrected chi connectivity index (χ0v) is 11.5. The molecule has 3 N–H and O–H groups in total. The molecule has 6 heteroatoms. The van der Waals surface area contributed by atoms with Gasteiger partial charge in [-0.05, 0) is 24.1 Å². The molecule has 2 rings (SSSR count). The van der Waals surface area contributed by atoms with Crippen LogP contribution in [-0.4, -0.2) is 32.0 Å². The van der Waals surface area contributed by atoms with Gasteiger partial charge in [0.1, 0.15) is 5.82 Å². The van der Waals surface area contributed by atoms with Gasteiger partial charge in [0.2, 0.25) is 0 Å². The summed E-state index contributed by atoms with van der Waals surface area (Å²) in [5.74, 6) is 5.27. The zero-order chi connectivity index (χ0) is 13.0. The third kappa shape index (κ3) is 3.49. The summed E-state index contributed by atoms with van der Waals surface area (Å²) in [6.45, 7) is 1.62. The van der Waals surface area contributed by atoms with Crippen molar-refractivity contribution in [2.45, 2.75) is 18.6 Å². The first kappa shape index (κ1) is 13.9. The molecule has 1 fully saturated rings. The van der Waals surface area contributed by atoms with Crippen LogP contribution in [0.2, 0.25) is 0 Å². The van der Waals surface area contributed by atoms with Crippen LogP contribution in [0.4, 0.5) is 4.39 Å². The van der Waals surface area contributed by atoms with E-state index in [2.05, 4.69) is 21.4 Å². The largest absolute Gasteiger partial charge is 0.376 e. The molecule has 0 aliphatic carbocycles. The van der Waals surface area contributed by atoms with E-state index in [0.717, 1.165) is 4.47 Å². The van der Waals surface area contributed by atoms with Gasteiger partial charge in [-0.2, -0.15) is 0 Å². The molecule has 1 aromatic rings. The number of benzene rings is 1. The maximum Gasteiger partial charge on any atom is 0.127 e. The minimum Gasteiger partial charge on any atom is -0.376 e. The first-order valence-electron chi connectivity index (χ1n) is 5.80. The SMILES string of the molecule is NNC(Cc1ccc(Br)cc1F)C1COCCO1. The summed E-state index contributed by atoms with van der Waals surface area (Å²) < 4.78 is 25.4. The van der Waals surface area contributed by atoms with Gasteiger partial charge in [0.15, 0.2) is 0 Å². The van der Waals surface area contributed by atoms with Crippen LogP contribution in [0.15, 0.2) is 22.7 Å². The summed E-state index contributed by atoms with van der Waals surface area (Å²) in [5.41, 5.74) is 3.29. The van der Waals surface area contributed by atoms with E-state index in [1.807, 2.05) is 6.07 Å². The number of hydrogen-bond donors (Lipinski definition) is 2. The smallest absolute Gasteiger partial charge is 0.127 e. The molecule has 1 aliphatic heterocycles. The van der Waals surface area contributed by atoms with E-state index in [1.165, 1.54) is 6.07 Å². The molecular formula is C12H16BrFN2O2. The van der Waals surface area contributed by atoms with Crippen molar-refractivity contribution in [1.82, 2.24) is 5.43 Å². The van der Waals surface area contributed by atoms with Crippen LogP contribution in [0.25, 0.3) is 0 Å². The molecule has 0 amide bonds. The van der Waals surface area contributed by atoms with Crippen LogP contribution in [0, 0.1) is 5.82 Å². The van der Waals surface area contributed by atoms with Crippen molar-refractivity contribution in [2.24, 2.45) is 5.84 Å². The molecule has 0 saturated carbocycles. The third-order valence-electron chi connectivity index (χ3n) is 2.96. The van der Waals surface area contributed by atoms with Gasteiger partial charge in [0, 0.05) is 4.47 Å². The van der Waals surface area contributed by atoms with Crippen molar-refractivity contribution in [3.63, 3.8) is 0 Å². The Labute approximate surface area is 114 Å². The Morgan fingerprint density at radius 3 is 2.94 bits per heavy atom. The molecule has 100 valence electrons. The van der Waals surface area contributed by atoms with E-state index in [0.29, 0.717) is 31.8 Å². The third-order valence-corrected chi connectivity index (χ3v) is 3.45. The highest BCUT2D eigenvalue weighted by Crippen LogP contribution is 2.18. The molecule has 1 heterocycles. The van der Waals surface area contributed by atoms with E-state index < -0.39 is 0 Å². The average Bonchev–Trinajstić information content (AvgIpc) is 2.39. The second-order valence-electron chi connectivity index (χ2n) is 4.20. The highest BCUT2D eigenvalue weighted by Gasteiger charge is 2.25. The highest BCUT2D eigenvalue weighted by molar-refractivity contribution is 9.10. The standard InChI is InChI=1S/C12H16BrFN2O2/c13-9-2-1-8(10(14)6-9)5-11(16-15)12-7-17-3-4-18-12/h1-2,6,11-12,16H,3-5,7,15H2. The summed E-state index contributed by atoms with van der Waals surface area (Å²) in [5, 5.41) is 0. The van der Waals surface area contributed by atoms with Crippen LogP contribution in [0.1, 0.15) is 5.56 Å². The number of hydrazine groups is 1. The van der Waals surface area contributed by atoms with Crippen molar-refractivity contribution < 1.29 is 13.9 Å². The Bertz CT molecular complexity index is 400. The number of halogens is 2. The van der Waals surface area contributed by atoms with Gasteiger partial charge in [-0.15, -0.1) is 0 Å². The van der Waals surface area contributed by atoms with E-state index in [-0.39, 0.29) is 18.0 Å². The summed E-state index contributed by atoms with van der Waals surface area (Å²) in [6, 6.07) is 4.83. The molecule has 0 radical (unpaired) electrons. The molecule has 18 heavy (non-hydrogen) atoms. The van der Waals surface area contributed by atoms with Gasteiger partial charge < -0.3 is 9.47 Å². The molecular weight excluding hydrogens is 303 g/mol. The fourth-order valence-corrected chi connectivity index (χ4v) is 2.29. The molecule has 0 spiro atoms. The summed E-state index contributed by atoms with van der Waals surface area (Å²) >= 11 is 3.23. The first-order chi connectivity index (χ1) is 8.70. The van der Waals surface area contributed by atoms with Crippen molar-refractivity contribution >= 4 is 15.9 Å². The summed E-state index contributed by atoms with van der Waals surface area (Å²) in [6.07, 6.45) is 0.315. The fourth-order valence-electron chi connectivity index (χ4n) is 1.96. The minimum absolute atomic E-state index is 0.146. The minimum atomic E-state index is -0.249. The average molecular weight is 319 g/mol. The van der Waals surface area contributed by atoms with Crippen molar-refractivity contribution in [3.8, 4) is 0 Å². The van der Waals surface area contributed by atoms with Crippen LogP contribution in [-0.2, 0) is 15.9 Å². The highest BCUT2D eigenvalue weighted by atomic mass is 79.9. The molecule has 1 aromatic carbocycles. The summed E-state index contributed by atoms with van der Waals surface area (Å²) in [4.78, 5) is 0. The van der Waals surface area contributed by atoms with E-state index in [9.17, 15) is 4.39 Å². The Morgan fingerprint density at radius 2 is 2.33 bits per heavy atom. The second-order valence-corrected chi connectivity index (χ2v) is 5.11. The Hall–Kier alpha value is -0.530. The van der Waals surface area contributed by atoms with Gasteiger partial charge in [0.05, 0.1) is 32.0 Å².